The van der Waals surface area contributed by atoms with Gasteiger partial charge in [-0.1, -0.05) is 0 Å². The van der Waals surface area contributed by atoms with Crippen LogP contribution in [0.15, 0.2) is 12.5 Å². The Hall–Kier alpha value is -1.65. The highest BCUT2D eigenvalue weighted by Crippen LogP contribution is 2.27. The van der Waals surface area contributed by atoms with Gasteiger partial charge in [-0.25, -0.2) is 14.8 Å². The minimum Gasteiger partial charge on any atom is -0.474 e. The van der Waals surface area contributed by atoms with Gasteiger partial charge in [0.1, 0.15) is 18.0 Å². The second-order valence-corrected chi connectivity index (χ2v) is 3.28. The molecular weight excluding hydrogens is 196 g/mol. The molecule has 0 aliphatic heterocycles. The summed E-state index contributed by atoms with van der Waals surface area (Å²) < 4.78 is 10.3. The van der Waals surface area contributed by atoms with Crippen molar-refractivity contribution in [3.8, 4) is 5.88 Å². The van der Waals surface area contributed by atoms with Crippen LogP contribution in [-0.4, -0.2) is 28.6 Å². The third-order valence-corrected chi connectivity index (χ3v) is 1.97. The third-order valence-electron chi connectivity index (χ3n) is 1.97. The van der Waals surface area contributed by atoms with Crippen LogP contribution >= 0.6 is 0 Å². The molecule has 0 atom stereocenters. The molecule has 1 aromatic rings. The molecule has 0 N–H and O–H groups in total. The predicted octanol–water partition coefficient (Wildman–Crippen LogP) is 1.19. The molecule has 0 radical (unpaired) electrons. The third kappa shape index (κ3) is 2.43. The number of aromatic nitrogens is 2. The number of nitrogens with zero attached hydrogens (tertiary/aromatic N) is 2. The van der Waals surface area contributed by atoms with E-state index in [0.29, 0.717) is 18.1 Å². The topological polar surface area (TPSA) is 61.3 Å². The van der Waals surface area contributed by atoms with E-state index in [0.717, 1.165) is 12.8 Å². The molecule has 0 saturated heterocycles. The van der Waals surface area contributed by atoms with Gasteiger partial charge in [0.05, 0.1) is 6.61 Å². The maximum Gasteiger partial charge on any atom is 0.345 e. The monoisotopic (exact) mass is 208 g/mol. The Kier molecular flexibility index (Phi) is 2.80. The van der Waals surface area contributed by atoms with Gasteiger partial charge in [-0.2, -0.15) is 0 Å². The van der Waals surface area contributed by atoms with Gasteiger partial charge in [0.2, 0.25) is 5.88 Å². The fourth-order valence-corrected chi connectivity index (χ4v) is 1.10. The molecule has 1 fully saturated rings. The molecule has 0 aromatic carbocycles. The number of carbonyl (C=O) groups excluding carboxylic acids is 1. The van der Waals surface area contributed by atoms with Gasteiger partial charge in [0.15, 0.2) is 0 Å². The molecule has 1 aliphatic carbocycles. The van der Waals surface area contributed by atoms with Crippen LogP contribution in [0.3, 0.4) is 0 Å². The van der Waals surface area contributed by atoms with Crippen molar-refractivity contribution in [3.05, 3.63) is 18.1 Å². The minimum atomic E-state index is -0.436. The Labute approximate surface area is 87.4 Å². The van der Waals surface area contributed by atoms with E-state index in [-0.39, 0.29) is 6.10 Å². The Morgan fingerprint density at radius 2 is 2.40 bits per heavy atom. The van der Waals surface area contributed by atoms with Gasteiger partial charge in [0.25, 0.3) is 0 Å². The van der Waals surface area contributed by atoms with Gasteiger partial charge < -0.3 is 9.47 Å². The van der Waals surface area contributed by atoms with E-state index in [4.69, 9.17) is 9.47 Å². The largest absolute Gasteiger partial charge is 0.474 e. The molecule has 1 aliphatic rings. The van der Waals surface area contributed by atoms with Crippen molar-refractivity contribution in [2.45, 2.75) is 25.9 Å². The molecule has 2 rings (SSSR count). The highest BCUT2D eigenvalue weighted by Gasteiger charge is 2.26. The molecular formula is C10H12N2O3. The molecule has 0 bridgehead atoms. The highest BCUT2D eigenvalue weighted by atomic mass is 16.5. The lowest BCUT2D eigenvalue weighted by Crippen LogP contribution is -2.10. The Balaban J connectivity index is 2.16. The first kappa shape index (κ1) is 9.89. The summed E-state index contributed by atoms with van der Waals surface area (Å²) >= 11 is 0. The Morgan fingerprint density at radius 1 is 1.60 bits per heavy atom. The van der Waals surface area contributed by atoms with E-state index in [9.17, 15) is 4.79 Å². The fourth-order valence-electron chi connectivity index (χ4n) is 1.10. The van der Waals surface area contributed by atoms with Crippen LogP contribution in [0, 0.1) is 0 Å². The van der Waals surface area contributed by atoms with E-state index in [2.05, 4.69) is 9.97 Å². The first-order chi connectivity index (χ1) is 7.31. The maximum absolute atomic E-state index is 11.5. The SMILES string of the molecule is CCOC(=O)c1cncnc1OC1CC1. The van der Waals surface area contributed by atoms with Crippen LogP contribution < -0.4 is 4.74 Å². The molecule has 1 aromatic heterocycles. The first-order valence-electron chi connectivity index (χ1n) is 4.95. The summed E-state index contributed by atoms with van der Waals surface area (Å²) in [6.45, 7) is 2.08. The Morgan fingerprint density at radius 3 is 3.07 bits per heavy atom. The van der Waals surface area contributed by atoms with Crippen molar-refractivity contribution >= 4 is 5.97 Å². The Bertz CT molecular complexity index is 363. The molecule has 0 spiro atoms. The fraction of sp³-hybridized carbons (Fsp3) is 0.500. The van der Waals surface area contributed by atoms with Crippen LogP contribution in [0.4, 0.5) is 0 Å². The maximum atomic E-state index is 11.5. The summed E-state index contributed by atoms with van der Waals surface area (Å²) in [7, 11) is 0. The molecule has 5 heteroatoms. The van der Waals surface area contributed by atoms with Crippen molar-refractivity contribution in [1.82, 2.24) is 9.97 Å². The van der Waals surface area contributed by atoms with Crippen molar-refractivity contribution in [2.75, 3.05) is 6.61 Å². The number of hydrogen-bond donors (Lipinski definition) is 0. The van der Waals surface area contributed by atoms with Crippen LogP contribution in [0.1, 0.15) is 30.1 Å². The highest BCUT2D eigenvalue weighted by molar-refractivity contribution is 5.91. The summed E-state index contributed by atoms with van der Waals surface area (Å²) in [6.07, 6.45) is 5.02. The zero-order valence-corrected chi connectivity index (χ0v) is 8.47. The van der Waals surface area contributed by atoms with E-state index in [1.807, 2.05) is 0 Å². The van der Waals surface area contributed by atoms with Crippen LogP contribution in [0.2, 0.25) is 0 Å². The summed E-state index contributed by atoms with van der Waals surface area (Å²) in [6, 6.07) is 0. The molecule has 1 saturated carbocycles. The van der Waals surface area contributed by atoms with Gasteiger partial charge >= 0.3 is 5.97 Å². The van der Waals surface area contributed by atoms with E-state index < -0.39 is 5.97 Å². The zero-order chi connectivity index (χ0) is 10.7. The normalized spacial score (nSPS) is 14.7. The van der Waals surface area contributed by atoms with Crippen LogP contribution in [0.25, 0.3) is 0 Å². The van der Waals surface area contributed by atoms with Gasteiger partial charge in [0, 0.05) is 6.20 Å². The lowest BCUT2D eigenvalue weighted by molar-refractivity contribution is 0.0519. The van der Waals surface area contributed by atoms with E-state index >= 15 is 0 Å². The zero-order valence-electron chi connectivity index (χ0n) is 8.47. The van der Waals surface area contributed by atoms with Crippen molar-refractivity contribution < 1.29 is 14.3 Å². The van der Waals surface area contributed by atoms with Gasteiger partial charge in [-0.15, -0.1) is 0 Å². The van der Waals surface area contributed by atoms with Crippen LogP contribution in [-0.2, 0) is 4.74 Å². The molecule has 80 valence electrons. The quantitative estimate of drug-likeness (QED) is 0.695. The summed E-state index contributed by atoms with van der Waals surface area (Å²) in [4.78, 5) is 19.2. The lowest BCUT2D eigenvalue weighted by atomic mass is 10.3. The number of ether oxygens (including phenoxy) is 2. The smallest absolute Gasteiger partial charge is 0.345 e. The number of hydrogen-bond acceptors (Lipinski definition) is 5. The molecule has 15 heavy (non-hydrogen) atoms. The number of rotatable bonds is 4. The summed E-state index contributed by atoms with van der Waals surface area (Å²) in [5.74, 6) is -0.111. The molecule has 0 amide bonds. The summed E-state index contributed by atoms with van der Waals surface area (Å²) in [5, 5.41) is 0. The molecule has 0 unspecified atom stereocenters. The number of esters is 1. The molecule has 5 nitrogen and oxygen atoms in total. The average molecular weight is 208 g/mol. The first-order valence-corrected chi connectivity index (χ1v) is 4.95. The minimum absolute atomic E-state index is 0.202. The average Bonchev–Trinajstić information content (AvgIpc) is 3.03. The molecule has 1 heterocycles. The van der Waals surface area contributed by atoms with Gasteiger partial charge in [-0.05, 0) is 19.8 Å². The van der Waals surface area contributed by atoms with Gasteiger partial charge in [-0.3, -0.25) is 0 Å². The predicted molar refractivity (Wildman–Crippen MR) is 51.6 cm³/mol. The standard InChI is InChI=1S/C10H12N2O3/c1-2-14-10(13)8-5-11-6-12-9(8)15-7-3-4-7/h5-7H,2-4H2,1H3. The van der Waals surface area contributed by atoms with E-state index in [1.165, 1.54) is 12.5 Å². The number of carbonyl (C=O) groups is 1. The van der Waals surface area contributed by atoms with Crippen molar-refractivity contribution in [1.29, 1.82) is 0 Å². The van der Waals surface area contributed by atoms with E-state index in [1.54, 1.807) is 6.92 Å². The van der Waals surface area contributed by atoms with Crippen LogP contribution in [0.5, 0.6) is 5.88 Å². The van der Waals surface area contributed by atoms with Crippen molar-refractivity contribution in [3.63, 3.8) is 0 Å². The summed E-state index contributed by atoms with van der Waals surface area (Å²) in [5.41, 5.74) is 0.297. The lowest BCUT2D eigenvalue weighted by Gasteiger charge is -2.07. The second-order valence-electron chi connectivity index (χ2n) is 3.28. The van der Waals surface area contributed by atoms with Crippen molar-refractivity contribution in [2.24, 2.45) is 0 Å². The second kappa shape index (κ2) is 4.25.